The highest BCUT2D eigenvalue weighted by Gasteiger charge is 2.30. The van der Waals surface area contributed by atoms with Gasteiger partial charge in [-0.15, -0.1) is 0 Å². The van der Waals surface area contributed by atoms with Gasteiger partial charge in [-0.3, -0.25) is 37.3 Å². The Hall–Kier alpha value is -1.94. The number of hydrogen-bond acceptors (Lipinski definition) is 15. The van der Waals surface area contributed by atoms with Gasteiger partial charge >= 0.3 is 39.5 Å². The summed E-state index contributed by atoms with van der Waals surface area (Å²) in [5.74, 6) is -1.30. The summed E-state index contributed by atoms with van der Waals surface area (Å²) in [6.07, 6.45) is 65.1. The second-order valence-corrected chi connectivity index (χ2v) is 32.3. The van der Waals surface area contributed by atoms with Crippen LogP contribution in [0.15, 0.2) is 0 Å². The number of esters is 4. The average molecular weight is 1470 g/mol. The first kappa shape index (κ1) is 98.1. The molecule has 3 N–H and O–H groups in total. The van der Waals surface area contributed by atoms with Crippen molar-refractivity contribution in [3.8, 4) is 0 Å². The zero-order chi connectivity index (χ0) is 73.4. The molecule has 0 aliphatic carbocycles. The first-order chi connectivity index (χ1) is 48.6. The molecule has 0 saturated carbocycles. The highest BCUT2D eigenvalue weighted by atomic mass is 31.2. The van der Waals surface area contributed by atoms with Gasteiger partial charge in [0.05, 0.1) is 26.4 Å². The fourth-order valence-corrected chi connectivity index (χ4v) is 14.1. The van der Waals surface area contributed by atoms with Crippen LogP contribution in [0.2, 0.25) is 0 Å². The molecule has 0 spiro atoms. The molecular weight excluding hydrogens is 1310 g/mol. The smallest absolute Gasteiger partial charge is 0.462 e. The number of aliphatic hydroxyl groups is 1. The van der Waals surface area contributed by atoms with Crippen molar-refractivity contribution in [1.82, 2.24) is 0 Å². The van der Waals surface area contributed by atoms with Gasteiger partial charge < -0.3 is 33.8 Å². The van der Waals surface area contributed by atoms with Gasteiger partial charge in [0.1, 0.15) is 19.3 Å². The van der Waals surface area contributed by atoms with Crippen molar-refractivity contribution in [2.75, 3.05) is 39.6 Å². The van der Waals surface area contributed by atoms with Crippen LogP contribution in [-0.4, -0.2) is 96.7 Å². The summed E-state index contributed by atoms with van der Waals surface area (Å²) in [5, 5.41) is 10.6. The molecule has 100 heavy (non-hydrogen) atoms. The van der Waals surface area contributed by atoms with E-state index in [1.54, 1.807) is 0 Å². The van der Waals surface area contributed by atoms with Crippen molar-refractivity contribution in [2.45, 2.75) is 451 Å². The molecule has 0 aromatic rings. The van der Waals surface area contributed by atoms with Crippen LogP contribution < -0.4 is 0 Å². The van der Waals surface area contributed by atoms with E-state index in [0.717, 1.165) is 95.8 Å². The minimum absolute atomic E-state index is 0.108. The number of phosphoric ester groups is 2. The molecule has 17 nitrogen and oxygen atoms in total. The third kappa shape index (κ3) is 73.0. The van der Waals surface area contributed by atoms with Crippen LogP contribution in [0.5, 0.6) is 0 Å². The van der Waals surface area contributed by atoms with Crippen molar-refractivity contribution in [2.24, 2.45) is 5.92 Å². The highest BCUT2D eigenvalue weighted by Crippen LogP contribution is 2.45. The number of carbonyl (C=O) groups is 4. The normalized spacial score (nSPS) is 14.1. The number of phosphoric acid groups is 2. The van der Waals surface area contributed by atoms with Crippen LogP contribution in [0.4, 0.5) is 0 Å². The zero-order valence-electron chi connectivity index (χ0n) is 65.3. The minimum atomic E-state index is -4.96. The van der Waals surface area contributed by atoms with Gasteiger partial charge in [0.2, 0.25) is 0 Å². The Labute approximate surface area is 613 Å². The first-order valence-electron chi connectivity index (χ1n) is 42.2. The molecule has 0 rings (SSSR count). The predicted octanol–water partition coefficient (Wildman–Crippen LogP) is 24.4. The van der Waals surface area contributed by atoms with Gasteiger partial charge in [-0.25, -0.2) is 9.13 Å². The van der Waals surface area contributed by atoms with Crippen LogP contribution in [0.25, 0.3) is 0 Å². The van der Waals surface area contributed by atoms with Gasteiger partial charge in [0, 0.05) is 25.7 Å². The minimum Gasteiger partial charge on any atom is -0.462 e. The molecule has 0 aromatic heterocycles. The standard InChI is InChI=1S/C81H158O17P2/c1-6-10-13-16-19-22-25-28-29-30-31-32-33-34-35-36-37-40-47-52-57-62-67-81(86)98-77(71-92-79(84)65-60-55-50-45-42-41-43-48-53-58-63-74(5)9-4)73-96-100(89,90)94-69-75(82)68-93-99(87,88)95-72-76(97-80(85)66-61-56-51-46-39-27-24-21-18-15-12-8-3)70-91-78(83)64-59-54-49-44-38-26-23-20-17-14-11-7-2/h74-77,82H,6-73H2,1-5H3,(H,87,88)(H,89,90)/t74?,75-,76+,77+/m0/s1. The lowest BCUT2D eigenvalue weighted by molar-refractivity contribution is -0.161. The summed E-state index contributed by atoms with van der Waals surface area (Å²) in [6.45, 7) is 7.35. The number of unbranched alkanes of at least 4 members (excludes halogenated alkanes) is 52. The topological polar surface area (TPSA) is 237 Å². The lowest BCUT2D eigenvalue weighted by Crippen LogP contribution is -2.30. The highest BCUT2D eigenvalue weighted by molar-refractivity contribution is 7.47. The predicted molar refractivity (Wildman–Crippen MR) is 409 cm³/mol. The third-order valence-electron chi connectivity index (χ3n) is 19.4. The molecule has 0 aliphatic rings. The van der Waals surface area contributed by atoms with Gasteiger partial charge in [0.25, 0.3) is 0 Å². The molecule has 0 radical (unpaired) electrons. The largest absolute Gasteiger partial charge is 0.472 e. The second-order valence-electron chi connectivity index (χ2n) is 29.4. The number of carbonyl (C=O) groups excluding carboxylic acids is 4. The zero-order valence-corrected chi connectivity index (χ0v) is 67.1. The molecule has 0 bridgehead atoms. The van der Waals surface area contributed by atoms with Crippen molar-refractivity contribution in [3.05, 3.63) is 0 Å². The molecule has 0 heterocycles. The van der Waals surface area contributed by atoms with Crippen LogP contribution in [-0.2, 0) is 65.4 Å². The van der Waals surface area contributed by atoms with E-state index in [1.807, 2.05) is 0 Å². The molecule has 0 aromatic carbocycles. The first-order valence-corrected chi connectivity index (χ1v) is 45.2. The maximum absolute atomic E-state index is 13.1. The Bertz CT molecular complexity index is 1910. The summed E-state index contributed by atoms with van der Waals surface area (Å²) in [4.78, 5) is 73.0. The van der Waals surface area contributed by atoms with E-state index in [-0.39, 0.29) is 25.7 Å². The molecule has 3 unspecified atom stereocenters. The van der Waals surface area contributed by atoms with Crippen molar-refractivity contribution in [3.63, 3.8) is 0 Å². The lowest BCUT2D eigenvalue weighted by Gasteiger charge is -2.21. The molecule has 19 heteroatoms. The summed E-state index contributed by atoms with van der Waals surface area (Å²) in [7, 11) is -9.92. The van der Waals surface area contributed by atoms with Crippen molar-refractivity contribution < 1.29 is 80.2 Å². The maximum atomic E-state index is 13.1. The van der Waals surface area contributed by atoms with E-state index in [9.17, 15) is 43.2 Å². The molecule has 0 amide bonds. The van der Waals surface area contributed by atoms with Gasteiger partial charge in [-0.05, 0) is 31.6 Å². The third-order valence-corrected chi connectivity index (χ3v) is 21.3. The van der Waals surface area contributed by atoms with Crippen LogP contribution in [0, 0.1) is 5.92 Å². The molecule has 0 saturated heterocycles. The monoisotopic (exact) mass is 1470 g/mol. The number of rotatable bonds is 81. The SMILES string of the molecule is CCCCCCCCCCCCCCCCCCCCCCCCC(=O)O[C@H](COC(=O)CCCCCCCCCCCCC(C)CC)COP(=O)(O)OC[C@@H](O)COP(=O)(O)OC[C@@H](COC(=O)CCCCCCCCCCCCCC)OC(=O)CCCCCCCCCCCCCC. The Balaban J connectivity index is 5.21. The molecule has 0 aliphatic heterocycles. The summed E-state index contributed by atoms with van der Waals surface area (Å²) in [6, 6.07) is 0. The number of ether oxygens (including phenoxy) is 4. The second kappa shape index (κ2) is 73.9. The van der Waals surface area contributed by atoms with E-state index in [0.29, 0.717) is 25.7 Å². The molecule has 594 valence electrons. The maximum Gasteiger partial charge on any atom is 0.472 e. The number of aliphatic hydroxyl groups excluding tert-OH is 1. The summed E-state index contributed by atoms with van der Waals surface area (Å²) in [5.41, 5.74) is 0. The van der Waals surface area contributed by atoms with Gasteiger partial charge in [-0.2, -0.15) is 0 Å². The Morgan fingerprint density at radius 1 is 0.280 bits per heavy atom. The van der Waals surface area contributed by atoms with Crippen LogP contribution in [0.3, 0.4) is 0 Å². The van der Waals surface area contributed by atoms with Crippen LogP contribution >= 0.6 is 15.6 Å². The fraction of sp³-hybridized carbons (Fsp3) is 0.951. The molecule has 6 atom stereocenters. The van der Waals surface area contributed by atoms with E-state index >= 15 is 0 Å². The summed E-state index contributed by atoms with van der Waals surface area (Å²) >= 11 is 0. The van der Waals surface area contributed by atoms with Crippen molar-refractivity contribution >= 4 is 39.5 Å². The Morgan fingerprint density at radius 2 is 0.480 bits per heavy atom. The quantitative estimate of drug-likeness (QED) is 0.0222. The lowest BCUT2D eigenvalue weighted by atomic mass is 9.99. The Morgan fingerprint density at radius 3 is 0.710 bits per heavy atom. The van der Waals surface area contributed by atoms with Gasteiger partial charge in [0.15, 0.2) is 12.2 Å². The molecular formula is C81H158O17P2. The Kier molecular flexibility index (Phi) is 72.5. The van der Waals surface area contributed by atoms with E-state index in [1.165, 1.54) is 257 Å². The van der Waals surface area contributed by atoms with E-state index in [2.05, 4.69) is 34.6 Å². The van der Waals surface area contributed by atoms with E-state index in [4.69, 9.17) is 37.0 Å². The van der Waals surface area contributed by atoms with Crippen molar-refractivity contribution in [1.29, 1.82) is 0 Å². The fourth-order valence-electron chi connectivity index (χ4n) is 12.6. The van der Waals surface area contributed by atoms with E-state index < -0.39 is 97.5 Å². The summed E-state index contributed by atoms with van der Waals surface area (Å²) < 4.78 is 68.7. The number of hydrogen-bond donors (Lipinski definition) is 3. The van der Waals surface area contributed by atoms with Gasteiger partial charge in [-0.1, -0.05) is 381 Å². The molecule has 0 fully saturated rings. The van der Waals surface area contributed by atoms with Crippen LogP contribution in [0.1, 0.15) is 433 Å². The average Bonchev–Trinajstić information content (AvgIpc) is 0.956.